The second-order valence-electron chi connectivity index (χ2n) is 7.37. The number of sulfonamides is 1. The van der Waals surface area contributed by atoms with Gasteiger partial charge in [0, 0.05) is 12.6 Å². The van der Waals surface area contributed by atoms with Crippen molar-refractivity contribution in [1.29, 1.82) is 0 Å². The van der Waals surface area contributed by atoms with Gasteiger partial charge in [0.1, 0.15) is 0 Å². The Balaban J connectivity index is 0.00000288. The third-order valence-electron chi connectivity index (χ3n) is 4.49. The van der Waals surface area contributed by atoms with Crippen LogP contribution in [0.3, 0.4) is 0 Å². The Bertz CT molecular complexity index is 603. The van der Waals surface area contributed by atoms with Gasteiger partial charge in [0.05, 0.1) is 4.90 Å². The maximum atomic E-state index is 13.1. The first-order chi connectivity index (χ1) is 10.8. The summed E-state index contributed by atoms with van der Waals surface area (Å²) in [6.45, 7) is 10.8. The van der Waals surface area contributed by atoms with Crippen LogP contribution in [0, 0.1) is 0 Å². The average molecular weight is 375 g/mol. The van der Waals surface area contributed by atoms with Gasteiger partial charge in [-0.25, -0.2) is 8.42 Å². The number of nitrogens with one attached hydrogen (secondary N) is 1. The molecular weight excluding hydrogens is 344 g/mol. The minimum atomic E-state index is -3.42. The Morgan fingerprint density at radius 2 is 1.67 bits per heavy atom. The number of piperidine rings is 1. The van der Waals surface area contributed by atoms with Gasteiger partial charge in [0.2, 0.25) is 10.0 Å². The minimum absolute atomic E-state index is 0. The third-order valence-corrected chi connectivity index (χ3v) is 6.45. The number of hydrogen-bond acceptors (Lipinski definition) is 3. The molecule has 0 spiro atoms. The summed E-state index contributed by atoms with van der Waals surface area (Å²) in [5, 5.41) is 3.31. The van der Waals surface area contributed by atoms with Gasteiger partial charge in [0.15, 0.2) is 0 Å². The highest BCUT2D eigenvalue weighted by molar-refractivity contribution is 7.89. The van der Waals surface area contributed by atoms with Crippen LogP contribution in [0.2, 0.25) is 0 Å². The van der Waals surface area contributed by atoms with E-state index in [2.05, 4.69) is 26.1 Å². The summed E-state index contributed by atoms with van der Waals surface area (Å²) < 4.78 is 27.9. The highest BCUT2D eigenvalue weighted by atomic mass is 35.5. The van der Waals surface area contributed by atoms with Crippen molar-refractivity contribution in [1.82, 2.24) is 9.62 Å². The number of rotatable bonds is 5. The largest absolute Gasteiger partial charge is 0.317 e. The summed E-state index contributed by atoms with van der Waals surface area (Å²) in [5.74, 6) is 0. The molecule has 1 aromatic rings. The van der Waals surface area contributed by atoms with Gasteiger partial charge in [-0.05, 0) is 55.5 Å². The van der Waals surface area contributed by atoms with Crippen LogP contribution in [0.5, 0.6) is 0 Å². The van der Waals surface area contributed by atoms with E-state index in [1.54, 1.807) is 16.4 Å². The first-order valence-corrected chi connectivity index (χ1v) is 10.0. The normalized spacial score (nSPS) is 16.9. The zero-order chi connectivity index (χ0) is 17.1. The number of nitrogens with zero attached hydrogens (tertiary/aromatic N) is 1. The third kappa shape index (κ3) is 4.94. The molecule has 0 atom stereocenters. The van der Waals surface area contributed by atoms with E-state index in [0.29, 0.717) is 11.4 Å². The van der Waals surface area contributed by atoms with Crippen molar-refractivity contribution in [3.63, 3.8) is 0 Å². The number of benzene rings is 1. The molecule has 2 rings (SSSR count). The average Bonchev–Trinajstić information content (AvgIpc) is 2.52. The fourth-order valence-electron chi connectivity index (χ4n) is 3.08. The van der Waals surface area contributed by atoms with Crippen LogP contribution in [-0.2, 0) is 15.4 Å². The maximum Gasteiger partial charge on any atom is 0.243 e. The first-order valence-electron chi connectivity index (χ1n) is 8.60. The van der Waals surface area contributed by atoms with Crippen molar-refractivity contribution in [2.24, 2.45) is 0 Å². The Morgan fingerprint density at radius 1 is 1.12 bits per heavy atom. The molecule has 0 aromatic heterocycles. The highest BCUT2D eigenvalue weighted by Gasteiger charge is 2.31. The molecule has 1 aliphatic rings. The number of halogens is 1. The predicted molar refractivity (Wildman–Crippen MR) is 102 cm³/mol. The standard InChI is InChI=1S/C18H30N2O2S.ClH/c1-5-14-20(16-10-12-19-13-11-16)23(21,22)17-8-6-15(7-9-17)18(2,3)4;/h6-9,16,19H,5,10-14H2,1-4H3;1H. The lowest BCUT2D eigenvalue weighted by molar-refractivity contribution is 0.262. The molecule has 138 valence electrons. The molecule has 1 saturated heterocycles. The molecule has 0 aliphatic carbocycles. The highest BCUT2D eigenvalue weighted by Crippen LogP contribution is 2.26. The van der Waals surface area contributed by atoms with E-state index in [1.165, 1.54) is 0 Å². The molecule has 0 saturated carbocycles. The molecule has 1 N–H and O–H groups in total. The van der Waals surface area contributed by atoms with Gasteiger partial charge in [-0.1, -0.05) is 39.8 Å². The topological polar surface area (TPSA) is 49.4 Å². The first kappa shape index (κ1) is 21.4. The van der Waals surface area contributed by atoms with Crippen molar-refractivity contribution >= 4 is 22.4 Å². The zero-order valence-electron chi connectivity index (χ0n) is 15.2. The molecule has 0 amide bonds. The zero-order valence-corrected chi connectivity index (χ0v) is 16.8. The summed E-state index contributed by atoms with van der Waals surface area (Å²) in [4.78, 5) is 0.414. The van der Waals surface area contributed by atoms with Crippen LogP contribution in [-0.4, -0.2) is 38.4 Å². The van der Waals surface area contributed by atoms with E-state index in [-0.39, 0.29) is 23.9 Å². The second kappa shape index (κ2) is 8.65. The molecule has 4 nitrogen and oxygen atoms in total. The lowest BCUT2D eigenvalue weighted by atomic mass is 9.87. The summed E-state index contributed by atoms with van der Waals surface area (Å²) in [6, 6.07) is 7.53. The van der Waals surface area contributed by atoms with E-state index < -0.39 is 10.0 Å². The van der Waals surface area contributed by atoms with E-state index in [4.69, 9.17) is 0 Å². The Morgan fingerprint density at radius 3 is 2.12 bits per heavy atom. The summed E-state index contributed by atoms with van der Waals surface area (Å²) >= 11 is 0. The quantitative estimate of drug-likeness (QED) is 0.857. The van der Waals surface area contributed by atoms with Crippen LogP contribution in [0.4, 0.5) is 0 Å². The Kier molecular flexibility index (Phi) is 7.73. The van der Waals surface area contributed by atoms with E-state index in [0.717, 1.165) is 37.9 Å². The van der Waals surface area contributed by atoms with Gasteiger partial charge < -0.3 is 5.32 Å². The van der Waals surface area contributed by atoms with Gasteiger partial charge in [0.25, 0.3) is 0 Å². The fraction of sp³-hybridized carbons (Fsp3) is 0.667. The van der Waals surface area contributed by atoms with Crippen LogP contribution in [0.25, 0.3) is 0 Å². The van der Waals surface area contributed by atoms with Crippen molar-refractivity contribution in [3.05, 3.63) is 29.8 Å². The molecule has 1 fully saturated rings. The Hall–Kier alpha value is -0.620. The SMILES string of the molecule is CCCN(C1CCNCC1)S(=O)(=O)c1ccc(C(C)(C)C)cc1.Cl. The van der Waals surface area contributed by atoms with E-state index >= 15 is 0 Å². The van der Waals surface area contributed by atoms with Crippen molar-refractivity contribution in [3.8, 4) is 0 Å². The van der Waals surface area contributed by atoms with Crippen LogP contribution >= 0.6 is 12.4 Å². The molecular formula is C18H31ClN2O2S. The van der Waals surface area contributed by atoms with Crippen molar-refractivity contribution in [2.45, 2.75) is 63.3 Å². The van der Waals surface area contributed by atoms with Crippen LogP contribution in [0.1, 0.15) is 52.5 Å². The van der Waals surface area contributed by atoms with E-state index in [1.807, 2.05) is 19.1 Å². The molecule has 24 heavy (non-hydrogen) atoms. The lowest BCUT2D eigenvalue weighted by Gasteiger charge is -2.33. The number of hydrogen-bond donors (Lipinski definition) is 1. The molecule has 1 aliphatic heterocycles. The predicted octanol–water partition coefficient (Wildman–Crippen LogP) is 3.56. The Labute approximate surface area is 153 Å². The van der Waals surface area contributed by atoms with Gasteiger partial charge >= 0.3 is 0 Å². The second-order valence-corrected chi connectivity index (χ2v) is 9.26. The summed E-state index contributed by atoms with van der Waals surface area (Å²) in [5.41, 5.74) is 1.18. The van der Waals surface area contributed by atoms with E-state index in [9.17, 15) is 8.42 Å². The molecule has 1 heterocycles. The van der Waals surface area contributed by atoms with Gasteiger partial charge in [-0.15, -0.1) is 12.4 Å². The lowest BCUT2D eigenvalue weighted by Crippen LogP contribution is -2.46. The minimum Gasteiger partial charge on any atom is -0.317 e. The van der Waals surface area contributed by atoms with Crippen molar-refractivity contribution < 1.29 is 8.42 Å². The maximum absolute atomic E-state index is 13.1. The molecule has 0 bridgehead atoms. The fourth-order valence-corrected chi connectivity index (χ4v) is 4.85. The molecule has 0 unspecified atom stereocenters. The van der Waals surface area contributed by atoms with Gasteiger partial charge in [-0.3, -0.25) is 0 Å². The smallest absolute Gasteiger partial charge is 0.243 e. The summed E-state index contributed by atoms with van der Waals surface area (Å²) in [6.07, 6.45) is 2.61. The monoisotopic (exact) mass is 374 g/mol. The molecule has 0 radical (unpaired) electrons. The molecule has 6 heteroatoms. The van der Waals surface area contributed by atoms with Crippen LogP contribution in [0.15, 0.2) is 29.2 Å². The van der Waals surface area contributed by atoms with Crippen molar-refractivity contribution in [2.75, 3.05) is 19.6 Å². The summed E-state index contributed by atoms with van der Waals surface area (Å²) in [7, 11) is -3.42. The van der Waals surface area contributed by atoms with Gasteiger partial charge in [-0.2, -0.15) is 4.31 Å². The van der Waals surface area contributed by atoms with Crippen LogP contribution < -0.4 is 5.32 Å². The molecule has 1 aromatic carbocycles.